The van der Waals surface area contributed by atoms with Gasteiger partial charge in [-0.15, -0.1) is 0 Å². The molecule has 27 heavy (non-hydrogen) atoms. The van der Waals surface area contributed by atoms with Crippen LogP contribution >= 0.6 is 23.2 Å². The molecule has 142 valence electrons. The highest BCUT2D eigenvalue weighted by molar-refractivity contribution is 6.34. The number of aliphatic hydroxyl groups is 1. The van der Waals surface area contributed by atoms with Gasteiger partial charge in [-0.25, -0.2) is 4.79 Å². The first-order valence-electron chi connectivity index (χ1n) is 8.57. The van der Waals surface area contributed by atoms with Crippen LogP contribution in [0.25, 0.3) is 11.1 Å². The van der Waals surface area contributed by atoms with Gasteiger partial charge in [-0.3, -0.25) is 4.79 Å². The minimum absolute atomic E-state index is 0.118. The summed E-state index contributed by atoms with van der Waals surface area (Å²) in [5.41, 5.74) is -0.505. The Labute approximate surface area is 167 Å². The second-order valence-electron chi connectivity index (χ2n) is 6.76. The molecule has 2 aromatic carbocycles. The van der Waals surface area contributed by atoms with Crippen LogP contribution in [0.15, 0.2) is 36.4 Å². The Morgan fingerprint density at radius 3 is 2.33 bits per heavy atom. The average molecular weight is 408 g/mol. The van der Waals surface area contributed by atoms with Crippen molar-refractivity contribution >= 4 is 35.1 Å². The molecular weight excluding hydrogens is 389 g/mol. The molecule has 0 aliphatic carbocycles. The zero-order chi connectivity index (χ0) is 19.8. The number of benzene rings is 2. The number of carbonyl (C=O) groups is 2. The van der Waals surface area contributed by atoms with Crippen molar-refractivity contribution < 1.29 is 19.8 Å². The Morgan fingerprint density at radius 2 is 1.74 bits per heavy atom. The standard InChI is InChI=1S/C20H19Cl2NO4/c1-20(27,19(25)26)16-7-5-13(21)11-15(16)12-4-6-14(17(22)10-12)18(24)23-8-2-3-9-23/h4-7,10-11,27H,2-3,8-9H2,1H3,(H,25,26)/t20-/m0/s1. The Kier molecular flexibility index (Phi) is 5.47. The van der Waals surface area contributed by atoms with Crippen molar-refractivity contribution in [2.45, 2.75) is 25.4 Å². The van der Waals surface area contributed by atoms with Gasteiger partial charge in [0.1, 0.15) is 0 Å². The van der Waals surface area contributed by atoms with E-state index in [1.807, 2.05) is 0 Å². The molecule has 1 amide bonds. The van der Waals surface area contributed by atoms with Gasteiger partial charge in [-0.1, -0.05) is 35.3 Å². The van der Waals surface area contributed by atoms with Gasteiger partial charge in [0.05, 0.1) is 10.6 Å². The summed E-state index contributed by atoms with van der Waals surface area (Å²) in [6.45, 7) is 2.64. The summed E-state index contributed by atoms with van der Waals surface area (Å²) in [7, 11) is 0. The van der Waals surface area contributed by atoms with Crippen molar-refractivity contribution in [3.05, 3.63) is 57.6 Å². The molecule has 1 aliphatic heterocycles. The van der Waals surface area contributed by atoms with E-state index in [9.17, 15) is 19.8 Å². The third-order valence-electron chi connectivity index (χ3n) is 4.83. The molecule has 1 atom stereocenters. The number of nitrogens with zero attached hydrogens (tertiary/aromatic N) is 1. The molecule has 1 saturated heterocycles. The molecule has 5 nitrogen and oxygen atoms in total. The topological polar surface area (TPSA) is 77.8 Å². The first-order valence-corrected chi connectivity index (χ1v) is 9.32. The summed E-state index contributed by atoms with van der Waals surface area (Å²) in [5.74, 6) is -1.49. The van der Waals surface area contributed by atoms with Gasteiger partial charge >= 0.3 is 5.97 Å². The smallest absolute Gasteiger partial charge is 0.340 e. The number of hydrogen-bond donors (Lipinski definition) is 2. The number of carboxylic acid groups (broad SMARTS) is 1. The minimum Gasteiger partial charge on any atom is -0.479 e. The van der Waals surface area contributed by atoms with Crippen molar-refractivity contribution in [3.63, 3.8) is 0 Å². The van der Waals surface area contributed by atoms with Crippen LogP contribution in [-0.4, -0.2) is 40.1 Å². The van der Waals surface area contributed by atoms with Gasteiger partial charge in [0.15, 0.2) is 5.60 Å². The predicted molar refractivity (Wildman–Crippen MR) is 104 cm³/mol. The molecule has 1 fully saturated rings. The first-order chi connectivity index (χ1) is 12.7. The number of aliphatic carboxylic acids is 1. The van der Waals surface area contributed by atoms with Gasteiger partial charge in [-0.2, -0.15) is 0 Å². The molecule has 0 radical (unpaired) electrons. The minimum atomic E-state index is -2.10. The summed E-state index contributed by atoms with van der Waals surface area (Å²) < 4.78 is 0. The molecule has 0 unspecified atom stereocenters. The molecule has 2 N–H and O–H groups in total. The van der Waals surface area contributed by atoms with Crippen LogP contribution < -0.4 is 0 Å². The Hall–Kier alpha value is -2.08. The summed E-state index contributed by atoms with van der Waals surface area (Å²) in [4.78, 5) is 25.8. The van der Waals surface area contributed by atoms with Gasteiger partial charge in [0.2, 0.25) is 0 Å². The van der Waals surface area contributed by atoms with Crippen molar-refractivity contribution in [3.8, 4) is 11.1 Å². The quantitative estimate of drug-likeness (QED) is 0.796. The Bertz CT molecular complexity index is 905. The SMILES string of the molecule is C[C@@](O)(C(=O)O)c1ccc(Cl)cc1-c1ccc(C(=O)N2CCCC2)c(Cl)c1. The molecule has 0 aromatic heterocycles. The Balaban J connectivity index is 2.05. The van der Waals surface area contributed by atoms with Gasteiger partial charge in [0, 0.05) is 23.7 Å². The van der Waals surface area contributed by atoms with Crippen LogP contribution in [0.5, 0.6) is 0 Å². The molecule has 3 rings (SSSR count). The van der Waals surface area contributed by atoms with E-state index in [0.29, 0.717) is 21.7 Å². The lowest BCUT2D eigenvalue weighted by Crippen LogP contribution is -2.32. The summed E-state index contributed by atoms with van der Waals surface area (Å²) in [5, 5.41) is 20.4. The van der Waals surface area contributed by atoms with E-state index in [0.717, 1.165) is 25.9 Å². The van der Waals surface area contributed by atoms with E-state index >= 15 is 0 Å². The van der Waals surface area contributed by atoms with E-state index in [4.69, 9.17) is 23.2 Å². The van der Waals surface area contributed by atoms with Crippen LogP contribution in [0.3, 0.4) is 0 Å². The average Bonchev–Trinajstić information content (AvgIpc) is 3.15. The molecule has 0 bridgehead atoms. The molecular formula is C20H19Cl2NO4. The molecule has 1 heterocycles. The summed E-state index contributed by atoms with van der Waals surface area (Å²) >= 11 is 12.4. The third-order valence-corrected chi connectivity index (χ3v) is 5.37. The zero-order valence-corrected chi connectivity index (χ0v) is 16.2. The van der Waals surface area contributed by atoms with Crippen LogP contribution in [0, 0.1) is 0 Å². The maximum absolute atomic E-state index is 12.6. The number of halogens is 2. The zero-order valence-electron chi connectivity index (χ0n) is 14.7. The van der Waals surface area contributed by atoms with E-state index in [1.54, 1.807) is 29.2 Å². The second kappa shape index (κ2) is 7.50. The van der Waals surface area contributed by atoms with Crippen LogP contribution in [-0.2, 0) is 10.4 Å². The maximum atomic E-state index is 12.6. The highest BCUT2D eigenvalue weighted by Crippen LogP contribution is 2.36. The van der Waals surface area contributed by atoms with Crippen molar-refractivity contribution in [1.82, 2.24) is 4.90 Å². The molecule has 2 aromatic rings. The number of carbonyl (C=O) groups excluding carboxylic acids is 1. The first kappa shape index (κ1) is 19.7. The number of carboxylic acids is 1. The number of amides is 1. The lowest BCUT2D eigenvalue weighted by atomic mass is 9.88. The van der Waals surface area contributed by atoms with Crippen molar-refractivity contribution in [1.29, 1.82) is 0 Å². The second-order valence-corrected chi connectivity index (χ2v) is 7.60. The largest absolute Gasteiger partial charge is 0.479 e. The fourth-order valence-corrected chi connectivity index (χ4v) is 3.68. The van der Waals surface area contributed by atoms with Gasteiger partial charge in [-0.05, 0) is 55.2 Å². The van der Waals surface area contributed by atoms with Crippen molar-refractivity contribution in [2.75, 3.05) is 13.1 Å². The third kappa shape index (κ3) is 3.81. The Morgan fingerprint density at radius 1 is 1.07 bits per heavy atom. The number of hydrogen-bond acceptors (Lipinski definition) is 3. The number of rotatable bonds is 4. The monoisotopic (exact) mass is 407 g/mol. The van der Waals surface area contributed by atoms with Crippen molar-refractivity contribution in [2.24, 2.45) is 0 Å². The summed E-state index contributed by atoms with van der Waals surface area (Å²) in [6, 6.07) is 9.47. The normalized spacial score (nSPS) is 16.2. The molecule has 0 spiro atoms. The fraction of sp³-hybridized carbons (Fsp3) is 0.300. The number of likely N-dealkylation sites (tertiary alicyclic amines) is 1. The maximum Gasteiger partial charge on any atom is 0.340 e. The fourth-order valence-electron chi connectivity index (χ4n) is 3.24. The predicted octanol–water partition coefficient (Wildman–Crippen LogP) is 4.19. The molecule has 0 saturated carbocycles. The lowest BCUT2D eigenvalue weighted by molar-refractivity contribution is -0.157. The lowest BCUT2D eigenvalue weighted by Gasteiger charge is -2.23. The van der Waals surface area contributed by atoms with Crippen LogP contribution in [0.2, 0.25) is 10.0 Å². The highest BCUT2D eigenvalue weighted by Gasteiger charge is 2.35. The highest BCUT2D eigenvalue weighted by atomic mass is 35.5. The molecule has 7 heteroatoms. The van der Waals surface area contributed by atoms with Gasteiger partial charge < -0.3 is 15.1 Å². The van der Waals surface area contributed by atoms with Crippen LogP contribution in [0.4, 0.5) is 0 Å². The molecule has 1 aliphatic rings. The van der Waals surface area contributed by atoms with E-state index in [2.05, 4.69) is 0 Å². The van der Waals surface area contributed by atoms with E-state index < -0.39 is 11.6 Å². The van der Waals surface area contributed by atoms with Gasteiger partial charge in [0.25, 0.3) is 5.91 Å². The van der Waals surface area contributed by atoms with E-state index in [1.165, 1.54) is 19.1 Å². The van der Waals surface area contributed by atoms with E-state index in [-0.39, 0.29) is 16.5 Å². The van der Waals surface area contributed by atoms with Crippen LogP contribution in [0.1, 0.15) is 35.7 Å². The summed E-state index contributed by atoms with van der Waals surface area (Å²) in [6.07, 6.45) is 1.97.